The van der Waals surface area contributed by atoms with E-state index in [1.165, 1.54) is 11.8 Å². The maximum atomic E-state index is 12.5. The van der Waals surface area contributed by atoms with Crippen LogP contribution in [0.1, 0.15) is 11.1 Å². The van der Waals surface area contributed by atoms with Crippen molar-refractivity contribution in [2.75, 3.05) is 40.3 Å². The van der Waals surface area contributed by atoms with E-state index in [1.54, 1.807) is 21.3 Å². The normalized spacial score (nSPS) is 10.6. The van der Waals surface area contributed by atoms with E-state index in [9.17, 15) is 4.39 Å². The third kappa shape index (κ3) is 5.54. The van der Waals surface area contributed by atoms with Crippen molar-refractivity contribution in [3.8, 4) is 17.2 Å². The molecule has 0 aromatic heterocycles. The largest absolute Gasteiger partial charge is 0.496 e. The zero-order chi connectivity index (χ0) is 18.8. The number of para-hydroxylation sites is 1. The van der Waals surface area contributed by atoms with E-state index in [1.807, 2.05) is 36.4 Å². The van der Waals surface area contributed by atoms with Crippen LogP contribution in [0.4, 0.5) is 4.39 Å². The topological polar surface area (TPSA) is 39.7 Å². The van der Waals surface area contributed by atoms with Crippen molar-refractivity contribution in [3.05, 3.63) is 47.5 Å². The van der Waals surface area contributed by atoms with Gasteiger partial charge in [0, 0.05) is 17.9 Å². The van der Waals surface area contributed by atoms with E-state index in [-0.39, 0.29) is 6.67 Å². The predicted molar refractivity (Wildman–Crippen MR) is 105 cm³/mol. The molecule has 0 spiro atoms. The molecule has 4 nitrogen and oxygen atoms in total. The van der Waals surface area contributed by atoms with Gasteiger partial charge in [-0.05, 0) is 36.7 Å². The SMILES string of the molecule is COc1cc(SCCF)c(OC)cc1CCNCc1ccccc1OC. The Bertz CT molecular complexity index is 697. The number of hydrogen-bond acceptors (Lipinski definition) is 5. The van der Waals surface area contributed by atoms with Crippen LogP contribution in [0.15, 0.2) is 41.3 Å². The predicted octanol–water partition coefficient (Wildman–Crippen LogP) is 4.11. The summed E-state index contributed by atoms with van der Waals surface area (Å²) in [5.74, 6) is 2.84. The number of nitrogens with one attached hydrogen (secondary N) is 1. The first-order valence-corrected chi connectivity index (χ1v) is 9.48. The quantitative estimate of drug-likeness (QED) is 0.470. The van der Waals surface area contributed by atoms with Gasteiger partial charge in [0.15, 0.2) is 0 Å². The minimum atomic E-state index is -0.370. The maximum Gasteiger partial charge on any atom is 0.132 e. The molecule has 26 heavy (non-hydrogen) atoms. The molecule has 0 bridgehead atoms. The summed E-state index contributed by atoms with van der Waals surface area (Å²) in [7, 11) is 4.96. The van der Waals surface area contributed by atoms with Crippen LogP contribution in [-0.2, 0) is 13.0 Å². The average Bonchev–Trinajstić information content (AvgIpc) is 2.69. The van der Waals surface area contributed by atoms with Gasteiger partial charge in [-0.25, -0.2) is 0 Å². The van der Waals surface area contributed by atoms with Crippen LogP contribution >= 0.6 is 11.8 Å². The second kappa shape index (κ2) is 10.9. The first-order valence-electron chi connectivity index (χ1n) is 8.49. The van der Waals surface area contributed by atoms with Crippen LogP contribution in [0.3, 0.4) is 0 Å². The minimum Gasteiger partial charge on any atom is -0.496 e. The monoisotopic (exact) mass is 379 g/mol. The molecule has 0 heterocycles. The van der Waals surface area contributed by atoms with Crippen molar-refractivity contribution in [3.63, 3.8) is 0 Å². The van der Waals surface area contributed by atoms with Crippen molar-refractivity contribution in [1.82, 2.24) is 5.32 Å². The van der Waals surface area contributed by atoms with Gasteiger partial charge in [-0.3, -0.25) is 4.39 Å². The Morgan fingerprint density at radius 1 is 0.923 bits per heavy atom. The third-order valence-corrected chi connectivity index (χ3v) is 4.97. The highest BCUT2D eigenvalue weighted by molar-refractivity contribution is 7.99. The Morgan fingerprint density at radius 2 is 1.65 bits per heavy atom. The van der Waals surface area contributed by atoms with Crippen LogP contribution in [0, 0.1) is 0 Å². The fraction of sp³-hybridized carbons (Fsp3) is 0.400. The zero-order valence-corrected chi connectivity index (χ0v) is 16.3. The lowest BCUT2D eigenvalue weighted by molar-refractivity contribution is 0.390. The molecule has 0 saturated carbocycles. The Balaban J connectivity index is 1.99. The lowest BCUT2D eigenvalue weighted by Crippen LogP contribution is -2.17. The molecule has 0 aliphatic carbocycles. The van der Waals surface area contributed by atoms with Gasteiger partial charge >= 0.3 is 0 Å². The molecule has 0 unspecified atom stereocenters. The smallest absolute Gasteiger partial charge is 0.132 e. The van der Waals surface area contributed by atoms with E-state index in [2.05, 4.69) is 5.32 Å². The van der Waals surface area contributed by atoms with Crippen molar-refractivity contribution >= 4 is 11.8 Å². The van der Waals surface area contributed by atoms with E-state index in [0.29, 0.717) is 5.75 Å². The second-order valence-corrected chi connectivity index (χ2v) is 6.73. The van der Waals surface area contributed by atoms with E-state index in [0.717, 1.165) is 52.8 Å². The summed E-state index contributed by atoms with van der Waals surface area (Å²) < 4.78 is 28.8. The molecule has 0 fully saturated rings. The summed E-state index contributed by atoms with van der Waals surface area (Å²) in [5.41, 5.74) is 2.18. The fourth-order valence-corrected chi connectivity index (χ4v) is 3.46. The molecule has 2 aromatic rings. The molecule has 6 heteroatoms. The van der Waals surface area contributed by atoms with Gasteiger partial charge in [0.2, 0.25) is 0 Å². The molecule has 0 aliphatic rings. The molecule has 0 aliphatic heterocycles. The Labute approximate surface area is 159 Å². The highest BCUT2D eigenvalue weighted by Gasteiger charge is 2.12. The molecule has 0 amide bonds. The number of thioether (sulfide) groups is 1. The molecule has 142 valence electrons. The Morgan fingerprint density at radius 3 is 2.35 bits per heavy atom. The average molecular weight is 379 g/mol. The molecule has 2 aromatic carbocycles. The summed E-state index contributed by atoms with van der Waals surface area (Å²) in [6.45, 7) is 1.15. The van der Waals surface area contributed by atoms with Gasteiger partial charge in [-0.15, -0.1) is 11.8 Å². The fourth-order valence-electron chi connectivity index (χ4n) is 2.68. The number of rotatable bonds is 11. The lowest BCUT2D eigenvalue weighted by atomic mass is 10.1. The molecule has 1 N–H and O–H groups in total. The summed E-state index contributed by atoms with van der Waals surface area (Å²) >= 11 is 1.43. The Kier molecular flexibility index (Phi) is 8.58. The number of methoxy groups -OCH3 is 3. The van der Waals surface area contributed by atoms with Crippen LogP contribution in [0.25, 0.3) is 0 Å². The summed E-state index contributed by atoms with van der Waals surface area (Å²) in [6.07, 6.45) is 0.794. The number of hydrogen-bond donors (Lipinski definition) is 1. The van der Waals surface area contributed by atoms with Gasteiger partial charge in [-0.1, -0.05) is 18.2 Å². The number of halogens is 1. The first-order chi connectivity index (χ1) is 12.7. The van der Waals surface area contributed by atoms with Gasteiger partial charge in [-0.2, -0.15) is 0 Å². The van der Waals surface area contributed by atoms with Gasteiger partial charge < -0.3 is 19.5 Å². The molecule has 2 rings (SSSR count). The highest BCUT2D eigenvalue weighted by atomic mass is 32.2. The maximum absolute atomic E-state index is 12.5. The standard InChI is InChI=1S/C20H26FNO3S/c1-23-17-7-5-4-6-16(17)14-22-10-8-15-12-19(25-3)20(26-11-9-21)13-18(15)24-2/h4-7,12-13,22H,8-11,14H2,1-3H3. The number of ether oxygens (including phenoxy) is 3. The van der Waals surface area contributed by atoms with Crippen molar-refractivity contribution in [2.45, 2.75) is 17.9 Å². The first kappa shape index (κ1) is 20.4. The molecular weight excluding hydrogens is 353 g/mol. The summed E-state index contributed by atoms with van der Waals surface area (Å²) in [6, 6.07) is 11.9. The molecule has 0 saturated heterocycles. The molecular formula is C20H26FNO3S. The summed E-state index contributed by atoms with van der Waals surface area (Å²) in [5, 5.41) is 3.43. The minimum absolute atomic E-state index is 0.370. The van der Waals surface area contributed by atoms with E-state index in [4.69, 9.17) is 14.2 Å². The van der Waals surface area contributed by atoms with Crippen molar-refractivity contribution < 1.29 is 18.6 Å². The molecule has 0 atom stereocenters. The van der Waals surface area contributed by atoms with Crippen molar-refractivity contribution in [1.29, 1.82) is 0 Å². The zero-order valence-electron chi connectivity index (χ0n) is 15.5. The molecule has 0 radical (unpaired) electrons. The highest BCUT2D eigenvalue weighted by Crippen LogP contribution is 2.35. The van der Waals surface area contributed by atoms with E-state index >= 15 is 0 Å². The van der Waals surface area contributed by atoms with Gasteiger partial charge in [0.25, 0.3) is 0 Å². The second-order valence-electron chi connectivity index (χ2n) is 5.59. The van der Waals surface area contributed by atoms with E-state index < -0.39 is 0 Å². The van der Waals surface area contributed by atoms with Gasteiger partial charge in [0.1, 0.15) is 17.2 Å². The summed E-state index contributed by atoms with van der Waals surface area (Å²) in [4.78, 5) is 0.896. The Hall–Kier alpha value is -1.92. The lowest BCUT2D eigenvalue weighted by Gasteiger charge is -2.15. The van der Waals surface area contributed by atoms with Crippen LogP contribution in [0.2, 0.25) is 0 Å². The van der Waals surface area contributed by atoms with Gasteiger partial charge in [0.05, 0.1) is 32.9 Å². The van der Waals surface area contributed by atoms with Crippen molar-refractivity contribution in [2.24, 2.45) is 0 Å². The van der Waals surface area contributed by atoms with Crippen LogP contribution < -0.4 is 19.5 Å². The number of benzene rings is 2. The third-order valence-electron chi connectivity index (χ3n) is 3.98. The van der Waals surface area contributed by atoms with Crippen LogP contribution in [0.5, 0.6) is 17.2 Å². The number of alkyl halides is 1. The van der Waals surface area contributed by atoms with Crippen LogP contribution in [-0.4, -0.2) is 40.3 Å².